The van der Waals surface area contributed by atoms with E-state index in [1.807, 2.05) is 12.1 Å². The summed E-state index contributed by atoms with van der Waals surface area (Å²) in [5.41, 5.74) is 0.826. The maximum absolute atomic E-state index is 12.4. The Morgan fingerprint density at radius 3 is 2.32 bits per heavy atom. The Labute approximate surface area is 150 Å². The predicted molar refractivity (Wildman–Crippen MR) is 98.5 cm³/mol. The maximum Gasteiger partial charge on any atom is 0.261 e. The first kappa shape index (κ1) is 17.3. The zero-order chi connectivity index (χ0) is 17.9. The van der Waals surface area contributed by atoms with Crippen LogP contribution in [0.25, 0.3) is 0 Å². The standard InChI is InChI=1S/C18H15ClN2O3S/c19-17-9-5-4-6-14(17)12-21-13-15(10-11-18(21)22)20-25(23,24)16-7-2-1-3-8-16/h1-11,13,20H,12H2. The Morgan fingerprint density at radius 1 is 0.920 bits per heavy atom. The summed E-state index contributed by atoms with van der Waals surface area (Å²) in [5, 5.41) is 0.546. The van der Waals surface area contributed by atoms with E-state index in [9.17, 15) is 13.2 Å². The van der Waals surface area contributed by atoms with Crippen molar-refractivity contribution >= 4 is 27.3 Å². The lowest BCUT2D eigenvalue weighted by Crippen LogP contribution is -2.21. The molecule has 0 bridgehead atoms. The highest BCUT2D eigenvalue weighted by Crippen LogP contribution is 2.17. The Morgan fingerprint density at radius 2 is 1.60 bits per heavy atom. The quantitative estimate of drug-likeness (QED) is 0.744. The van der Waals surface area contributed by atoms with Gasteiger partial charge in [-0.1, -0.05) is 48.0 Å². The number of aromatic nitrogens is 1. The minimum Gasteiger partial charge on any atom is -0.309 e. The van der Waals surface area contributed by atoms with Gasteiger partial charge in [-0.15, -0.1) is 0 Å². The van der Waals surface area contributed by atoms with E-state index in [0.29, 0.717) is 10.7 Å². The fraction of sp³-hybridized carbons (Fsp3) is 0.0556. The molecular weight excluding hydrogens is 360 g/mol. The summed E-state index contributed by atoms with van der Waals surface area (Å²) in [6.45, 7) is 0.249. The Kier molecular flexibility index (Phi) is 4.92. The van der Waals surface area contributed by atoms with E-state index in [1.54, 1.807) is 30.3 Å². The van der Waals surface area contributed by atoms with E-state index in [1.165, 1.54) is 35.0 Å². The normalized spacial score (nSPS) is 11.2. The van der Waals surface area contributed by atoms with E-state index in [2.05, 4.69) is 4.72 Å². The Hall–Kier alpha value is -2.57. The van der Waals surface area contributed by atoms with Crippen molar-refractivity contribution in [2.45, 2.75) is 11.4 Å². The number of benzene rings is 2. The van der Waals surface area contributed by atoms with Crippen molar-refractivity contribution in [3.63, 3.8) is 0 Å². The zero-order valence-corrected chi connectivity index (χ0v) is 14.7. The molecule has 0 fully saturated rings. The second-order valence-electron chi connectivity index (χ2n) is 5.39. The van der Waals surface area contributed by atoms with Gasteiger partial charge in [0.05, 0.1) is 17.1 Å². The van der Waals surface area contributed by atoms with Crippen LogP contribution in [0.4, 0.5) is 5.69 Å². The molecule has 0 aliphatic carbocycles. The van der Waals surface area contributed by atoms with Gasteiger partial charge in [-0.2, -0.15) is 0 Å². The lowest BCUT2D eigenvalue weighted by molar-refractivity contribution is 0.601. The average molecular weight is 375 g/mol. The van der Waals surface area contributed by atoms with Crippen molar-refractivity contribution in [1.29, 1.82) is 0 Å². The molecule has 7 heteroatoms. The molecule has 1 aromatic heterocycles. The Bertz CT molecular complexity index is 1050. The van der Waals surface area contributed by atoms with Crippen LogP contribution in [0.5, 0.6) is 0 Å². The molecule has 1 N–H and O–H groups in total. The van der Waals surface area contributed by atoms with Crippen LogP contribution in [-0.2, 0) is 16.6 Å². The number of halogens is 1. The molecule has 0 amide bonds. The third-order valence-corrected chi connectivity index (χ3v) is 5.35. The molecule has 2 aromatic carbocycles. The number of sulfonamides is 1. The third-order valence-electron chi connectivity index (χ3n) is 3.59. The number of hydrogen-bond donors (Lipinski definition) is 1. The summed E-state index contributed by atoms with van der Waals surface area (Å²) in [6, 6.07) is 18.0. The molecule has 3 aromatic rings. The highest BCUT2D eigenvalue weighted by Gasteiger charge is 2.14. The van der Waals surface area contributed by atoms with Gasteiger partial charge in [0.2, 0.25) is 0 Å². The fourth-order valence-corrected chi connectivity index (χ4v) is 3.60. The first-order chi connectivity index (χ1) is 12.0. The van der Waals surface area contributed by atoms with E-state index in [-0.39, 0.29) is 17.0 Å². The molecule has 1 heterocycles. The molecule has 0 radical (unpaired) electrons. The van der Waals surface area contributed by atoms with Crippen molar-refractivity contribution in [3.05, 3.63) is 93.9 Å². The van der Waals surface area contributed by atoms with Gasteiger partial charge in [-0.25, -0.2) is 8.42 Å². The van der Waals surface area contributed by atoms with Crippen molar-refractivity contribution in [2.75, 3.05) is 4.72 Å². The molecule has 0 unspecified atom stereocenters. The van der Waals surface area contributed by atoms with Crippen LogP contribution in [0.2, 0.25) is 5.02 Å². The highest BCUT2D eigenvalue weighted by atomic mass is 35.5. The second kappa shape index (κ2) is 7.13. The largest absolute Gasteiger partial charge is 0.309 e. The van der Waals surface area contributed by atoms with Crippen molar-refractivity contribution < 1.29 is 8.42 Å². The van der Waals surface area contributed by atoms with Gasteiger partial charge in [0.25, 0.3) is 15.6 Å². The lowest BCUT2D eigenvalue weighted by atomic mass is 10.2. The summed E-state index contributed by atoms with van der Waals surface area (Å²) in [7, 11) is -3.72. The number of nitrogens with zero attached hydrogens (tertiary/aromatic N) is 1. The molecule has 3 rings (SSSR count). The molecule has 128 valence electrons. The van der Waals surface area contributed by atoms with Gasteiger partial charge in [0, 0.05) is 17.3 Å². The van der Waals surface area contributed by atoms with Crippen molar-refractivity contribution in [3.8, 4) is 0 Å². The predicted octanol–water partition coefficient (Wildman–Crippen LogP) is 3.35. The molecule has 25 heavy (non-hydrogen) atoms. The summed E-state index contributed by atoms with van der Waals surface area (Å²) in [4.78, 5) is 12.2. The molecule has 5 nitrogen and oxygen atoms in total. The summed E-state index contributed by atoms with van der Waals surface area (Å²) < 4.78 is 28.7. The number of nitrogens with one attached hydrogen (secondary N) is 1. The molecular formula is C18H15ClN2O3S. The van der Waals surface area contributed by atoms with Gasteiger partial charge in [-0.05, 0) is 29.8 Å². The molecule has 0 atom stereocenters. The minimum atomic E-state index is -3.72. The van der Waals surface area contributed by atoms with Gasteiger partial charge >= 0.3 is 0 Å². The summed E-state index contributed by atoms with van der Waals surface area (Å²) in [6.07, 6.45) is 1.46. The van der Waals surface area contributed by atoms with E-state index >= 15 is 0 Å². The van der Waals surface area contributed by atoms with Crippen LogP contribution >= 0.6 is 11.6 Å². The van der Waals surface area contributed by atoms with Crippen molar-refractivity contribution in [2.24, 2.45) is 0 Å². The highest BCUT2D eigenvalue weighted by molar-refractivity contribution is 7.92. The van der Waals surface area contributed by atoms with Gasteiger partial charge < -0.3 is 4.57 Å². The first-order valence-electron chi connectivity index (χ1n) is 7.47. The lowest BCUT2D eigenvalue weighted by Gasteiger charge is -2.11. The van der Waals surface area contributed by atoms with Gasteiger partial charge in [-0.3, -0.25) is 9.52 Å². The molecule has 0 aliphatic heterocycles. The maximum atomic E-state index is 12.4. The zero-order valence-electron chi connectivity index (χ0n) is 13.1. The molecule has 0 saturated carbocycles. The van der Waals surface area contributed by atoms with Crippen LogP contribution in [-0.4, -0.2) is 13.0 Å². The average Bonchev–Trinajstić information content (AvgIpc) is 2.60. The first-order valence-corrected chi connectivity index (χ1v) is 9.33. The van der Waals surface area contributed by atoms with Crippen molar-refractivity contribution in [1.82, 2.24) is 4.57 Å². The number of hydrogen-bond acceptors (Lipinski definition) is 3. The van der Waals surface area contributed by atoms with Gasteiger partial charge in [0.15, 0.2) is 0 Å². The molecule has 0 saturated heterocycles. The number of anilines is 1. The van der Waals surface area contributed by atoms with Crippen LogP contribution in [0.15, 0.2) is 82.6 Å². The minimum absolute atomic E-state index is 0.152. The molecule has 0 aliphatic rings. The number of rotatable bonds is 5. The smallest absolute Gasteiger partial charge is 0.261 e. The second-order valence-corrected chi connectivity index (χ2v) is 7.48. The SMILES string of the molecule is O=c1ccc(NS(=O)(=O)c2ccccc2)cn1Cc1ccccc1Cl. The topological polar surface area (TPSA) is 68.2 Å². The third kappa shape index (κ3) is 4.10. The van der Waals surface area contributed by atoms with E-state index in [0.717, 1.165) is 5.56 Å². The monoisotopic (exact) mass is 374 g/mol. The molecule has 0 spiro atoms. The van der Waals surface area contributed by atoms with E-state index in [4.69, 9.17) is 11.6 Å². The van der Waals surface area contributed by atoms with Gasteiger partial charge in [0.1, 0.15) is 0 Å². The van der Waals surface area contributed by atoms with Crippen LogP contribution in [0, 0.1) is 0 Å². The number of pyridine rings is 1. The summed E-state index contributed by atoms with van der Waals surface area (Å²) >= 11 is 6.13. The van der Waals surface area contributed by atoms with Crippen LogP contribution in [0.1, 0.15) is 5.56 Å². The van der Waals surface area contributed by atoms with E-state index < -0.39 is 10.0 Å². The fourth-order valence-electron chi connectivity index (χ4n) is 2.34. The Balaban J connectivity index is 1.90. The van der Waals surface area contributed by atoms with Crippen LogP contribution in [0.3, 0.4) is 0 Å². The summed E-state index contributed by atoms with van der Waals surface area (Å²) in [5.74, 6) is 0. The van der Waals surface area contributed by atoms with Crippen LogP contribution < -0.4 is 10.3 Å².